The van der Waals surface area contributed by atoms with Crippen molar-refractivity contribution in [3.63, 3.8) is 0 Å². The summed E-state index contributed by atoms with van der Waals surface area (Å²) >= 11 is 0. The largest absolute Gasteiger partial charge is 0.347 e. The Balaban J connectivity index is 1.54. The number of hydrogen-bond donors (Lipinski definition) is 1. The van der Waals surface area contributed by atoms with Gasteiger partial charge in [-0.1, -0.05) is 0 Å². The Kier molecular flexibility index (Phi) is 3.09. The molecule has 0 radical (unpaired) electrons. The van der Waals surface area contributed by atoms with Gasteiger partial charge in [-0.2, -0.15) is 5.26 Å². The van der Waals surface area contributed by atoms with Crippen LogP contribution in [-0.2, 0) is 0 Å². The van der Waals surface area contributed by atoms with E-state index in [9.17, 15) is 4.79 Å². The van der Waals surface area contributed by atoms with Crippen LogP contribution < -0.4 is 5.32 Å². The molecule has 2 saturated heterocycles. The molecule has 0 saturated carbocycles. The van der Waals surface area contributed by atoms with Gasteiger partial charge < -0.3 is 14.6 Å². The lowest BCUT2D eigenvalue weighted by molar-refractivity contribution is 0.0904. The van der Waals surface area contributed by atoms with Crippen molar-refractivity contribution in [1.82, 2.24) is 19.6 Å². The first-order chi connectivity index (χ1) is 10.7. The Morgan fingerprint density at radius 2 is 2.36 bits per heavy atom. The maximum Gasteiger partial charge on any atom is 0.270 e. The number of nitrogens with one attached hydrogen (secondary N) is 1. The smallest absolute Gasteiger partial charge is 0.270 e. The van der Waals surface area contributed by atoms with Crippen molar-refractivity contribution in [3.8, 4) is 6.07 Å². The molecule has 2 bridgehead atoms. The zero-order valence-electron chi connectivity index (χ0n) is 12.2. The summed E-state index contributed by atoms with van der Waals surface area (Å²) in [6, 6.07) is 5.75. The van der Waals surface area contributed by atoms with Crippen LogP contribution in [0.15, 0.2) is 24.7 Å². The molecule has 6 heteroatoms. The predicted octanol–water partition coefficient (Wildman–Crippen LogP) is 1.03. The summed E-state index contributed by atoms with van der Waals surface area (Å²) in [4.78, 5) is 19.0. The van der Waals surface area contributed by atoms with E-state index in [0.717, 1.165) is 25.0 Å². The van der Waals surface area contributed by atoms with Crippen molar-refractivity contribution in [2.75, 3.05) is 19.6 Å². The predicted molar refractivity (Wildman–Crippen MR) is 80.3 cm³/mol. The molecule has 0 spiro atoms. The molecule has 2 unspecified atom stereocenters. The number of fused-ring (bicyclic) bond motifs is 3. The average Bonchev–Trinajstić information content (AvgIpc) is 3.09. The van der Waals surface area contributed by atoms with Gasteiger partial charge in [-0.25, -0.2) is 4.98 Å². The third kappa shape index (κ3) is 2.24. The summed E-state index contributed by atoms with van der Waals surface area (Å²) in [5.74, 6) is 0.561. The molecular weight excluding hydrogens is 278 g/mol. The maximum absolute atomic E-state index is 12.4. The molecule has 4 rings (SSSR count). The fourth-order valence-corrected chi connectivity index (χ4v) is 3.65. The molecule has 0 aromatic carbocycles. The number of hydrogen-bond acceptors (Lipinski definition) is 4. The molecule has 3 atom stereocenters. The van der Waals surface area contributed by atoms with Crippen LogP contribution >= 0.6 is 0 Å². The van der Waals surface area contributed by atoms with Gasteiger partial charge in [0.15, 0.2) is 0 Å². The van der Waals surface area contributed by atoms with E-state index in [2.05, 4.69) is 21.3 Å². The monoisotopic (exact) mass is 295 g/mol. The lowest BCUT2D eigenvalue weighted by atomic mass is 9.97. The number of carbonyl (C=O) groups excluding carboxylic acids is 1. The summed E-state index contributed by atoms with van der Waals surface area (Å²) in [5, 5.41) is 12.2. The normalized spacial score (nSPS) is 26.8. The fraction of sp³-hybridized carbons (Fsp3) is 0.438. The third-order valence-corrected chi connectivity index (χ3v) is 4.71. The molecule has 0 aliphatic carbocycles. The van der Waals surface area contributed by atoms with E-state index >= 15 is 0 Å². The first kappa shape index (κ1) is 13.3. The molecule has 1 N–H and O–H groups in total. The van der Waals surface area contributed by atoms with Crippen molar-refractivity contribution >= 4 is 11.4 Å². The number of amides is 1. The van der Waals surface area contributed by atoms with Gasteiger partial charge >= 0.3 is 0 Å². The standard InChI is InChI=1S/C16H17N5O/c17-7-12-2-4-21-10-18-14(6-15(12)21)16(22)19-13-5-11-1-3-20(8-11)9-13/h2,4,6,10-11,13H,1,3,5,8-9H2,(H,19,22)/t11?,13-/m1/s1. The second-order valence-corrected chi connectivity index (χ2v) is 6.23. The fourth-order valence-electron chi connectivity index (χ4n) is 3.65. The topological polar surface area (TPSA) is 73.4 Å². The Hall–Kier alpha value is -2.39. The number of aromatic nitrogens is 2. The van der Waals surface area contributed by atoms with E-state index in [1.807, 2.05) is 0 Å². The molecule has 2 aliphatic rings. The molecular formula is C16H17N5O. The molecule has 2 fully saturated rings. The minimum atomic E-state index is -0.153. The van der Waals surface area contributed by atoms with Gasteiger partial charge in [0.1, 0.15) is 18.1 Å². The third-order valence-electron chi connectivity index (χ3n) is 4.71. The quantitative estimate of drug-likeness (QED) is 0.898. The minimum Gasteiger partial charge on any atom is -0.347 e. The van der Waals surface area contributed by atoms with Gasteiger partial charge in [-0.15, -0.1) is 0 Å². The van der Waals surface area contributed by atoms with Crippen LogP contribution in [0.3, 0.4) is 0 Å². The van der Waals surface area contributed by atoms with Gasteiger partial charge in [-0.05, 0) is 37.4 Å². The highest BCUT2D eigenvalue weighted by molar-refractivity contribution is 5.93. The summed E-state index contributed by atoms with van der Waals surface area (Å²) in [6.07, 6.45) is 5.65. The van der Waals surface area contributed by atoms with Crippen LogP contribution in [0.1, 0.15) is 28.9 Å². The molecule has 2 aromatic rings. The van der Waals surface area contributed by atoms with E-state index in [0.29, 0.717) is 17.2 Å². The zero-order chi connectivity index (χ0) is 15.1. The number of nitriles is 1. The summed E-state index contributed by atoms with van der Waals surface area (Å²) in [5.41, 5.74) is 1.64. The lowest BCUT2D eigenvalue weighted by Gasteiger charge is -2.30. The van der Waals surface area contributed by atoms with Crippen LogP contribution in [0.5, 0.6) is 0 Å². The highest BCUT2D eigenvalue weighted by Crippen LogP contribution is 2.26. The second-order valence-electron chi connectivity index (χ2n) is 6.23. The molecule has 2 aromatic heterocycles. The Morgan fingerprint density at radius 1 is 1.45 bits per heavy atom. The van der Waals surface area contributed by atoms with Crippen molar-refractivity contribution in [3.05, 3.63) is 35.9 Å². The molecule has 4 heterocycles. The van der Waals surface area contributed by atoms with Gasteiger partial charge in [0, 0.05) is 25.3 Å². The van der Waals surface area contributed by atoms with Crippen molar-refractivity contribution in [2.24, 2.45) is 5.92 Å². The summed E-state index contributed by atoms with van der Waals surface area (Å²) in [7, 11) is 0. The van der Waals surface area contributed by atoms with Crippen molar-refractivity contribution in [1.29, 1.82) is 5.26 Å². The van der Waals surface area contributed by atoms with Gasteiger partial charge in [0.25, 0.3) is 5.91 Å². The van der Waals surface area contributed by atoms with E-state index < -0.39 is 0 Å². The van der Waals surface area contributed by atoms with Crippen molar-refractivity contribution < 1.29 is 4.79 Å². The van der Waals surface area contributed by atoms with Crippen LogP contribution in [0.4, 0.5) is 0 Å². The van der Waals surface area contributed by atoms with E-state index in [-0.39, 0.29) is 11.9 Å². The zero-order valence-corrected chi connectivity index (χ0v) is 12.2. The van der Waals surface area contributed by atoms with E-state index in [1.54, 1.807) is 29.1 Å². The van der Waals surface area contributed by atoms with Crippen LogP contribution in [-0.4, -0.2) is 45.9 Å². The number of carbonyl (C=O) groups is 1. The average molecular weight is 295 g/mol. The van der Waals surface area contributed by atoms with Crippen LogP contribution in [0, 0.1) is 17.2 Å². The summed E-state index contributed by atoms with van der Waals surface area (Å²) in [6.45, 7) is 3.25. The van der Waals surface area contributed by atoms with Crippen molar-refractivity contribution in [2.45, 2.75) is 18.9 Å². The lowest BCUT2D eigenvalue weighted by Crippen LogP contribution is -2.47. The van der Waals surface area contributed by atoms with Gasteiger partial charge in [-0.3, -0.25) is 4.79 Å². The van der Waals surface area contributed by atoms with Gasteiger partial charge in [0.2, 0.25) is 0 Å². The second kappa shape index (κ2) is 5.11. The first-order valence-electron chi connectivity index (χ1n) is 7.63. The highest BCUT2D eigenvalue weighted by atomic mass is 16.1. The number of rotatable bonds is 2. The Labute approximate surface area is 128 Å². The van der Waals surface area contributed by atoms with Crippen LogP contribution in [0.2, 0.25) is 0 Å². The van der Waals surface area contributed by atoms with Crippen LogP contribution in [0.25, 0.3) is 5.52 Å². The number of nitrogens with zero attached hydrogens (tertiary/aromatic N) is 4. The van der Waals surface area contributed by atoms with E-state index in [1.165, 1.54) is 13.0 Å². The molecule has 112 valence electrons. The highest BCUT2D eigenvalue weighted by Gasteiger charge is 2.33. The Morgan fingerprint density at radius 3 is 3.18 bits per heavy atom. The molecule has 1 amide bonds. The molecule has 22 heavy (non-hydrogen) atoms. The van der Waals surface area contributed by atoms with E-state index in [4.69, 9.17) is 5.26 Å². The Bertz CT molecular complexity index is 762. The number of piperidine rings is 1. The molecule has 6 nitrogen and oxygen atoms in total. The summed E-state index contributed by atoms with van der Waals surface area (Å²) < 4.78 is 1.75. The minimum absolute atomic E-state index is 0.153. The molecule has 2 aliphatic heterocycles. The maximum atomic E-state index is 12.4. The first-order valence-corrected chi connectivity index (χ1v) is 7.63. The van der Waals surface area contributed by atoms with Gasteiger partial charge in [0.05, 0.1) is 11.1 Å². The SMILES string of the molecule is N#Cc1ccn2cnc(C(=O)N[C@@H]3CC4CCN(C4)C3)cc12.